The predicted molar refractivity (Wildman–Crippen MR) is 189 cm³/mol. The number of aromatic nitrogens is 2. The second kappa shape index (κ2) is 10.6. The summed E-state index contributed by atoms with van der Waals surface area (Å²) in [7, 11) is 0. The van der Waals surface area contributed by atoms with Crippen molar-refractivity contribution >= 4 is 31.5 Å². The number of hydrogen-bond acceptors (Lipinski definition) is 4. The third-order valence-electron chi connectivity index (χ3n) is 8.47. The van der Waals surface area contributed by atoms with Crippen molar-refractivity contribution in [2.45, 2.75) is 78.6 Å². The lowest BCUT2D eigenvalue weighted by atomic mass is 9.78. The van der Waals surface area contributed by atoms with Gasteiger partial charge in [-0.3, -0.25) is 4.98 Å². The van der Waals surface area contributed by atoms with Gasteiger partial charge < -0.3 is 5.11 Å². The molecular formula is C40H42N2OS. The summed E-state index contributed by atoms with van der Waals surface area (Å²) in [5, 5.41) is 14.3. The number of fused-ring (bicyclic) bond motifs is 3. The van der Waals surface area contributed by atoms with E-state index in [0.717, 1.165) is 39.3 Å². The normalized spacial score (nSPS) is 12.8. The lowest BCUT2D eigenvalue weighted by molar-refractivity contribution is 0.446. The third kappa shape index (κ3) is 5.52. The summed E-state index contributed by atoms with van der Waals surface area (Å²) in [5.41, 5.74) is 8.40. The third-order valence-corrected chi connectivity index (χ3v) is 9.69. The number of pyridine rings is 2. The van der Waals surface area contributed by atoms with E-state index < -0.39 is 0 Å². The molecule has 224 valence electrons. The first-order chi connectivity index (χ1) is 20.6. The first kappa shape index (κ1) is 30.0. The van der Waals surface area contributed by atoms with Gasteiger partial charge in [0.1, 0.15) is 5.75 Å². The van der Waals surface area contributed by atoms with E-state index in [0.29, 0.717) is 5.75 Å². The van der Waals surface area contributed by atoms with E-state index in [2.05, 4.69) is 129 Å². The van der Waals surface area contributed by atoms with E-state index in [9.17, 15) is 5.11 Å². The van der Waals surface area contributed by atoms with E-state index in [4.69, 9.17) is 9.97 Å². The molecule has 0 aliphatic heterocycles. The highest BCUT2D eigenvalue weighted by molar-refractivity contribution is 7.26. The number of aromatic hydroxyl groups is 1. The average Bonchev–Trinajstić information content (AvgIpc) is 3.34. The number of phenols is 1. The smallest absolute Gasteiger partial charge is 0.128 e. The highest BCUT2D eigenvalue weighted by Crippen LogP contribution is 2.45. The van der Waals surface area contributed by atoms with Gasteiger partial charge in [0, 0.05) is 48.6 Å². The summed E-state index contributed by atoms with van der Waals surface area (Å²) in [6.07, 6.45) is 1.85. The van der Waals surface area contributed by atoms with Crippen molar-refractivity contribution in [3.05, 3.63) is 102 Å². The van der Waals surface area contributed by atoms with Gasteiger partial charge in [-0.05, 0) is 75.9 Å². The minimum absolute atomic E-state index is 0.0901. The second-order valence-corrected chi connectivity index (χ2v) is 16.1. The van der Waals surface area contributed by atoms with Crippen LogP contribution in [0.4, 0.5) is 0 Å². The van der Waals surface area contributed by atoms with Crippen molar-refractivity contribution < 1.29 is 5.11 Å². The van der Waals surface area contributed by atoms with Crippen LogP contribution in [-0.4, -0.2) is 15.1 Å². The molecule has 3 aromatic heterocycles. The maximum Gasteiger partial charge on any atom is 0.128 e. The molecular weight excluding hydrogens is 557 g/mol. The molecule has 44 heavy (non-hydrogen) atoms. The molecule has 0 saturated carbocycles. The standard InChI is InChI=1S/C40H42N2OS/c1-38(2,3)25-20-29(36(43)31(21-25)40(7,8)9)33-22-26(39(4,5)6)23-34(42-33)30-19-24(32-15-12-13-17-41-32)18-28-27-14-10-11-16-35(27)44-37(28)30/h10-23,43H,1-9H3. The van der Waals surface area contributed by atoms with Gasteiger partial charge in [-0.1, -0.05) is 92.6 Å². The highest BCUT2D eigenvalue weighted by atomic mass is 32.1. The Labute approximate surface area is 265 Å². The number of rotatable bonds is 3. The van der Waals surface area contributed by atoms with Crippen LogP contribution >= 0.6 is 11.3 Å². The molecule has 0 amide bonds. The molecule has 0 radical (unpaired) electrons. The Bertz CT molecular complexity index is 2020. The maximum absolute atomic E-state index is 11.8. The summed E-state index contributed by atoms with van der Waals surface area (Å²) in [6, 6.07) is 27.9. The molecule has 0 saturated heterocycles. The zero-order chi connectivity index (χ0) is 31.6. The fraction of sp³-hybridized carbons (Fsp3) is 0.300. The quantitative estimate of drug-likeness (QED) is 0.220. The van der Waals surface area contributed by atoms with Crippen LogP contribution in [0.15, 0.2) is 85.1 Å². The van der Waals surface area contributed by atoms with Crippen molar-refractivity contribution in [3.8, 4) is 39.5 Å². The van der Waals surface area contributed by atoms with Crippen LogP contribution in [0, 0.1) is 0 Å². The van der Waals surface area contributed by atoms with Crippen LogP contribution in [0.25, 0.3) is 53.9 Å². The van der Waals surface area contributed by atoms with Gasteiger partial charge in [0.15, 0.2) is 0 Å². The molecule has 0 unspecified atom stereocenters. The second-order valence-electron chi connectivity index (χ2n) is 15.0. The van der Waals surface area contributed by atoms with Crippen molar-refractivity contribution in [2.24, 2.45) is 0 Å². The van der Waals surface area contributed by atoms with Gasteiger partial charge in [-0.15, -0.1) is 11.3 Å². The van der Waals surface area contributed by atoms with Gasteiger partial charge in [0.2, 0.25) is 0 Å². The molecule has 0 spiro atoms. The fourth-order valence-electron chi connectivity index (χ4n) is 5.77. The van der Waals surface area contributed by atoms with Crippen molar-refractivity contribution in [2.75, 3.05) is 0 Å². The Hall–Kier alpha value is -4.02. The van der Waals surface area contributed by atoms with E-state index in [1.165, 1.54) is 31.3 Å². The lowest BCUT2D eigenvalue weighted by Gasteiger charge is -2.28. The van der Waals surface area contributed by atoms with E-state index in [1.54, 1.807) is 0 Å². The molecule has 0 aliphatic rings. The van der Waals surface area contributed by atoms with E-state index in [-0.39, 0.29) is 16.2 Å². The number of benzene rings is 3. The largest absolute Gasteiger partial charge is 0.507 e. The Balaban J connectivity index is 1.70. The Morgan fingerprint density at radius 3 is 1.86 bits per heavy atom. The van der Waals surface area contributed by atoms with Gasteiger partial charge in [0.25, 0.3) is 0 Å². The molecule has 3 heterocycles. The summed E-state index contributed by atoms with van der Waals surface area (Å²) in [5.74, 6) is 0.309. The van der Waals surface area contributed by atoms with Crippen molar-refractivity contribution in [1.82, 2.24) is 9.97 Å². The van der Waals surface area contributed by atoms with E-state index in [1.807, 2.05) is 29.7 Å². The highest BCUT2D eigenvalue weighted by Gasteiger charge is 2.27. The molecule has 6 aromatic rings. The number of nitrogens with zero attached hydrogens (tertiary/aromatic N) is 2. The molecule has 1 N–H and O–H groups in total. The van der Waals surface area contributed by atoms with Crippen molar-refractivity contribution in [1.29, 1.82) is 0 Å². The number of phenolic OH excluding ortho intramolecular Hbond substituents is 1. The van der Waals surface area contributed by atoms with Crippen LogP contribution in [0.3, 0.4) is 0 Å². The zero-order valence-corrected chi connectivity index (χ0v) is 28.1. The first-order valence-corrected chi connectivity index (χ1v) is 16.2. The summed E-state index contributed by atoms with van der Waals surface area (Å²) < 4.78 is 2.46. The maximum atomic E-state index is 11.8. The molecule has 4 heteroatoms. The van der Waals surface area contributed by atoms with Crippen LogP contribution in [-0.2, 0) is 16.2 Å². The van der Waals surface area contributed by atoms with Crippen LogP contribution in [0.5, 0.6) is 5.75 Å². The molecule has 0 fully saturated rings. The number of thiophene rings is 1. The molecule has 3 aromatic carbocycles. The predicted octanol–water partition coefficient (Wildman–Crippen LogP) is 11.4. The van der Waals surface area contributed by atoms with Crippen LogP contribution in [0.1, 0.15) is 79.0 Å². The van der Waals surface area contributed by atoms with E-state index >= 15 is 0 Å². The SMILES string of the molecule is CC(C)(C)c1cc(-c2cc(C(C)(C)C)cc(C(C)(C)C)c2O)nc(-c2cc(-c3ccccn3)cc3c2sc2ccccc23)c1. The van der Waals surface area contributed by atoms with Crippen LogP contribution in [0.2, 0.25) is 0 Å². The Morgan fingerprint density at radius 2 is 1.23 bits per heavy atom. The summed E-state index contributed by atoms with van der Waals surface area (Å²) in [4.78, 5) is 10.1. The number of hydrogen-bond donors (Lipinski definition) is 1. The van der Waals surface area contributed by atoms with Crippen LogP contribution < -0.4 is 0 Å². The molecule has 0 atom stereocenters. The topological polar surface area (TPSA) is 46.0 Å². The monoisotopic (exact) mass is 598 g/mol. The first-order valence-electron chi connectivity index (χ1n) is 15.4. The minimum Gasteiger partial charge on any atom is -0.507 e. The summed E-state index contributed by atoms with van der Waals surface area (Å²) in [6.45, 7) is 19.9. The molecule has 6 rings (SSSR count). The Morgan fingerprint density at radius 1 is 0.591 bits per heavy atom. The van der Waals surface area contributed by atoms with Gasteiger partial charge in [-0.2, -0.15) is 0 Å². The zero-order valence-electron chi connectivity index (χ0n) is 27.3. The van der Waals surface area contributed by atoms with Gasteiger partial charge in [-0.25, -0.2) is 4.98 Å². The molecule has 0 bridgehead atoms. The average molecular weight is 599 g/mol. The Kier molecular flexibility index (Phi) is 7.20. The minimum atomic E-state index is -0.231. The molecule has 3 nitrogen and oxygen atoms in total. The molecule has 0 aliphatic carbocycles. The fourth-order valence-corrected chi connectivity index (χ4v) is 6.98. The van der Waals surface area contributed by atoms with Gasteiger partial charge in [0.05, 0.1) is 17.1 Å². The van der Waals surface area contributed by atoms with Crippen molar-refractivity contribution in [3.63, 3.8) is 0 Å². The van der Waals surface area contributed by atoms with Gasteiger partial charge >= 0.3 is 0 Å². The lowest BCUT2D eigenvalue weighted by Crippen LogP contribution is -2.17. The summed E-state index contributed by atoms with van der Waals surface area (Å²) >= 11 is 1.81.